The predicted octanol–water partition coefficient (Wildman–Crippen LogP) is 3.74. The van der Waals surface area contributed by atoms with Crippen molar-refractivity contribution in [3.63, 3.8) is 0 Å². The fourth-order valence-corrected chi connectivity index (χ4v) is 4.27. The largest absolute Gasteiger partial charge is 0.378 e. The second kappa shape index (κ2) is 7.92. The fourth-order valence-electron chi connectivity index (χ4n) is 4.27. The van der Waals surface area contributed by atoms with E-state index in [1.54, 1.807) is 12.1 Å². The summed E-state index contributed by atoms with van der Waals surface area (Å²) in [6.07, 6.45) is 2.70. The van der Waals surface area contributed by atoms with E-state index in [2.05, 4.69) is 29.2 Å². The van der Waals surface area contributed by atoms with Gasteiger partial charge in [-0.05, 0) is 48.2 Å². The summed E-state index contributed by atoms with van der Waals surface area (Å²) in [6.45, 7) is 3.94. The van der Waals surface area contributed by atoms with E-state index < -0.39 is 5.41 Å². The summed E-state index contributed by atoms with van der Waals surface area (Å²) in [7, 11) is 1.86. The van der Waals surface area contributed by atoms with Crippen molar-refractivity contribution in [3.8, 4) is 0 Å². The van der Waals surface area contributed by atoms with E-state index >= 15 is 0 Å². The molecule has 0 atom stereocenters. The van der Waals surface area contributed by atoms with Gasteiger partial charge >= 0.3 is 0 Å². The van der Waals surface area contributed by atoms with Crippen molar-refractivity contribution in [1.82, 2.24) is 4.90 Å². The lowest BCUT2D eigenvalue weighted by Gasteiger charge is -2.43. The van der Waals surface area contributed by atoms with E-state index in [1.165, 1.54) is 17.8 Å². The molecule has 0 aromatic heterocycles. The summed E-state index contributed by atoms with van der Waals surface area (Å²) in [5, 5.41) is 0. The van der Waals surface area contributed by atoms with Crippen LogP contribution in [0.1, 0.15) is 30.4 Å². The van der Waals surface area contributed by atoms with E-state index in [9.17, 15) is 9.18 Å². The van der Waals surface area contributed by atoms with Gasteiger partial charge in [0.1, 0.15) is 5.82 Å². The Morgan fingerprint density at radius 2 is 1.71 bits per heavy atom. The maximum Gasteiger partial charge on any atom is 0.233 e. The number of ether oxygens (including phenoxy) is 1. The van der Waals surface area contributed by atoms with Gasteiger partial charge in [0.05, 0.1) is 18.6 Å². The monoisotopic (exact) mass is 382 g/mol. The lowest BCUT2D eigenvalue weighted by Crippen LogP contribution is -2.49. The van der Waals surface area contributed by atoms with Crippen molar-refractivity contribution in [2.24, 2.45) is 0 Å². The Morgan fingerprint density at radius 3 is 2.29 bits per heavy atom. The number of anilines is 1. The smallest absolute Gasteiger partial charge is 0.233 e. The molecule has 2 aliphatic rings. The van der Waals surface area contributed by atoms with Crippen molar-refractivity contribution in [1.29, 1.82) is 0 Å². The lowest BCUT2D eigenvalue weighted by atomic mass is 9.63. The minimum Gasteiger partial charge on any atom is -0.378 e. The van der Waals surface area contributed by atoms with E-state index in [1.807, 2.05) is 11.9 Å². The normalized spacial score (nSPS) is 18.4. The van der Waals surface area contributed by atoms with Crippen molar-refractivity contribution in [3.05, 3.63) is 65.5 Å². The molecule has 0 bridgehead atoms. The van der Waals surface area contributed by atoms with Crippen LogP contribution >= 0.6 is 0 Å². The molecule has 4 nitrogen and oxygen atoms in total. The Balaban J connectivity index is 1.44. The molecule has 0 radical (unpaired) electrons. The SMILES string of the molecule is CN(Cc1ccc(N2CCOCC2)cc1)C(=O)C1(c2ccc(F)cc2)CCC1. The topological polar surface area (TPSA) is 32.8 Å². The number of benzene rings is 2. The van der Waals surface area contributed by atoms with Crippen molar-refractivity contribution in [2.45, 2.75) is 31.2 Å². The highest BCUT2D eigenvalue weighted by Crippen LogP contribution is 2.45. The molecule has 28 heavy (non-hydrogen) atoms. The number of hydrogen-bond donors (Lipinski definition) is 0. The second-order valence-corrected chi connectivity index (χ2v) is 7.87. The molecule has 1 aliphatic heterocycles. The Kier molecular flexibility index (Phi) is 5.36. The maximum atomic E-state index is 13.3. The molecule has 1 saturated heterocycles. The van der Waals surface area contributed by atoms with Gasteiger partial charge in [-0.2, -0.15) is 0 Å². The molecule has 2 fully saturated rings. The summed E-state index contributed by atoms with van der Waals surface area (Å²) in [4.78, 5) is 17.4. The molecule has 148 valence electrons. The molecule has 1 aliphatic carbocycles. The van der Waals surface area contributed by atoms with E-state index in [-0.39, 0.29) is 11.7 Å². The predicted molar refractivity (Wildman–Crippen MR) is 108 cm³/mol. The summed E-state index contributed by atoms with van der Waals surface area (Å²) < 4.78 is 18.7. The van der Waals surface area contributed by atoms with Crippen molar-refractivity contribution >= 4 is 11.6 Å². The van der Waals surface area contributed by atoms with Gasteiger partial charge in [0.25, 0.3) is 0 Å². The first-order valence-corrected chi connectivity index (χ1v) is 10.0. The van der Waals surface area contributed by atoms with Crippen LogP contribution in [0.4, 0.5) is 10.1 Å². The Hall–Kier alpha value is -2.40. The van der Waals surface area contributed by atoms with Gasteiger partial charge in [0, 0.05) is 32.4 Å². The number of carbonyl (C=O) groups excluding carboxylic acids is 1. The minimum atomic E-state index is -0.490. The maximum absolute atomic E-state index is 13.3. The van der Waals surface area contributed by atoms with Gasteiger partial charge < -0.3 is 14.5 Å². The molecule has 0 unspecified atom stereocenters. The molecule has 1 saturated carbocycles. The van der Waals surface area contributed by atoms with Crippen molar-refractivity contribution < 1.29 is 13.9 Å². The third-order valence-corrected chi connectivity index (χ3v) is 6.09. The number of hydrogen-bond acceptors (Lipinski definition) is 3. The first-order chi connectivity index (χ1) is 13.6. The van der Waals surface area contributed by atoms with Gasteiger partial charge in [-0.3, -0.25) is 4.79 Å². The number of nitrogens with zero attached hydrogens (tertiary/aromatic N) is 2. The van der Waals surface area contributed by atoms with Crippen LogP contribution in [0.15, 0.2) is 48.5 Å². The fraction of sp³-hybridized carbons (Fsp3) is 0.435. The van der Waals surface area contributed by atoms with Crippen LogP contribution in [-0.2, 0) is 21.5 Å². The van der Waals surface area contributed by atoms with Crippen LogP contribution in [0.2, 0.25) is 0 Å². The third kappa shape index (κ3) is 3.63. The molecule has 4 rings (SSSR count). The third-order valence-electron chi connectivity index (χ3n) is 6.09. The summed E-state index contributed by atoms with van der Waals surface area (Å²) in [5.74, 6) is -0.137. The zero-order valence-corrected chi connectivity index (χ0v) is 16.4. The molecule has 2 aromatic rings. The molecule has 0 spiro atoms. The van der Waals surface area contributed by atoms with Crippen LogP contribution in [0.5, 0.6) is 0 Å². The van der Waals surface area contributed by atoms with Gasteiger partial charge in [0.15, 0.2) is 0 Å². The first kappa shape index (κ1) is 18.9. The molecule has 0 N–H and O–H groups in total. The van der Waals surface area contributed by atoms with Gasteiger partial charge in [-0.25, -0.2) is 4.39 Å². The zero-order valence-electron chi connectivity index (χ0n) is 16.4. The van der Waals surface area contributed by atoms with E-state index in [4.69, 9.17) is 4.74 Å². The molecule has 5 heteroatoms. The van der Waals surface area contributed by atoms with Gasteiger partial charge in [-0.1, -0.05) is 30.7 Å². The van der Waals surface area contributed by atoms with Crippen molar-refractivity contribution in [2.75, 3.05) is 38.3 Å². The van der Waals surface area contributed by atoms with Gasteiger partial charge in [-0.15, -0.1) is 0 Å². The van der Waals surface area contributed by atoms with Gasteiger partial charge in [0.2, 0.25) is 5.91 Å². The highest BCUT2D eigenvalue weighted by molar-refractivity contribution is 5.89. The van der Waals surface area contributed by atoms with E-state index in [0.717, 1.165) is 56.7 Å². The van der Waals surface area contributed by atoms with Crippen LogP contribution in [0.25, 0.3) is 0 Å². The average Bonchev–Trinajstić information content (AvgIpc) is 2.69. The molecule has 2 aromatic carbocycles. The highest BCUT2D eigenvalue weighted by atomic mass is 19.1. The Bertz CT molecular complexity index is 810. The lowest BCUT2D eigenvalue weighted by molar-refractivity contribution is -0.140. The molecule has 1 amide bonds. The zero-order chi connectivity index (χ0) is 19.6. The standard InChI is InChI=1S/C23H27FN2O2/c1-25(17-18-3-9-21(10-4-18)26-13-15-28-16-14-26)22(27)23(11-2-12-23)19-5-7-20(24)8-6-19/h3-10H,2,11-17H2,1H3. The number of amides is 1. The summed E-state index contributed by atoms with van der Waals surface area (Å²) >= 11 is 0. The number of likely N-dealkylation sites (N-methyl/N-ethyl adjacent to an activating group) is 1. The van der Waals surface area contributed by atoms with Crippen LogP contribution in [-0.4, -0.2) is 44.2 Å². The first-order valence-electron chi connectivity index (χ1n) is 10.0. The quantitative estimate of drug-likeness (QED) is 0.790. The summed E-state index contributed by atoms with van der Waals surface area (Å²) in [5.41, 5.74) is 2.75. The number of rotatable bonds is 5. The Morgan fingerprint density at radius 1 is 1.07 bits per heavy atom. The van der Waals surface area contributed by atoms with Crippen LogP contribution < -0.4 is 4.90 Å². The Labute approximate surface area is 165 Å². The molecular weight excluding hydrogens is 355 g/mol. The molecular formula is C23H27FN2O2. The summed E-state index contributed by atoms with van der Waals surface area (Å²) in [6, 6.07) is 14.9. The minimum absolute atomic E-state index is 0.127. The highest BCUT2D eigenvalue weighted by Gasteiger charge is 2.46. The molecule has 1 heterocycles. The number of morpholine rings is 1. The van der Waals surface area contributed by atoms with E-state index in [0.29, 0.717) is 6.54 Å². The average molecular weight is 382 g/mol. The van der Waals surface area contributed by atoms with Crippen LogP contribution in [0.3, 0.4) is 0 Å². The number of carbonyl (C=O) groups is 1. The number of halogens is 1. The van der Waals surface area contributed by atoms with Crippen LogP contribution in [0, 0.1) is 5.82 Å². The second-order valence-electron chi connectivity index (χ2n) is 7.87.